The average molecular weight is 389 g/mol. The summed E-state index contributed by atoms with van der Waals surface area (Å²) in [6.45, 7) is 0. The molecular formula is C22H23N5O2. The lowest BCUT2D eigenvalue weighted by Crippen LogP contribution is -2.39. The smallest absolute Gasteiger partial charge is 0.267 e. The molecule has 0 bridgehead atoms. The first-order valence-electron chi connectivity index (χ1n) is 10.3. The highest BCUT2D eigenvalue weighted by Crippen LogP contribution is 2.28. The van der Waals surface area contributed by atoms with E-state index in [1.54, 1.807) is 35.3 Å². The van der Waals surface area contributed by atoms with E-state index in [9.17, 15) is 9.59 Å². The molecule has 29 heavy (non-hydrogen) atoms. The molecular weight excluding hydrogens is 366 g/mol. The quantitative estimate of drug-likeness (QED) is 0.744. The van der Waals surface area contributed by atoms with E-state index in [0.717, 1.165) is 61.7 Å². The fraction of sp³-hybridized carbons (Fsp3) is 0.409. The van der Waals surface area contributed by atoms with E-state index in [1.165, 1.54) is 0 Å². The molecule has 2 aliphatic carbocycles. The minimum Gasteiger partial charge on any atom is -0.349 e. The highest BCUT2D eigenvalue weighted by Gasteiger charge is 2.26. The first-order valence-corrected chi connectivity index (χ1v) is 10.3. The molecule has 1 fully saturated rings. The SMILES string of the molecule is O=C(NC1CCC(n2nc3c(cc2=O)CCC3)CC1)c1ccc2nccnc2c1. The highest BCUT2D eigenvalue weighted by atomic mass is 16.1. The maximum absolute atomic E-state index is 12.7. The van der Waals surface area contributed by atoms with Crippen LogP contribution in [-0.2, 0) is 12.8 Å². The maximum atomic E-state index is 12.7. The lowest BCUT2D eigenvalue weighted by atomic mass is 9.91. The van der Waals surface area contributed by atoms with Crippen molar-refractivity contribution in [3.8, 4) is 0 Å². The number of benzene rings is 1. The number of hydrogen-bond donors (Lipinski definition) is 1. The van der Waals surface area contributed by atoms with Crippen molar-refractivity contribution in [1.29, 1.82) is 0 Å². The number of rotatable bonds is 3. The van der Waals surface area contributed by atoms with Crippen LogP contribution >= 0.6 is 0 Å². The number of nitrogens with zero attached hydrogens (tertiary/aromatic N) is 4. The molecule has 0 saturated heterocycles. The van der Waals surface area contributed by atoms with Gasteiger partial charge in [0.1, 0.15) is 0 Å². The van der Waals surface area contributed by atoms with Crippen LogP contribution in [0.3, 0.4) is 0 Å². The van der Waals surface area contributed by atoms with Gasteiger partial charge in [0.2, 0.25) is 0 Å². The zero-order chi connectivity index (χ0) is 19.8. The summed E-state index contributed by atoms with van der Waals surface area (Å²) < 4.78 is 1.68. The molecule has 1 amide bonds. The van der Waals surface area contributed by atoms with Gasteiger partial charge in [0.25, 0.3) is 11.5 Å². The van der Waals surface area contributed by atoms with E-state index in [0.29, 0.717) is 11.1 Å². The molecule has 0 spiro atoms. The molecule has 2 heterocycles. The van der Waals surface area contributed by atoms with Crippen molar-refractivity contribution in [3.63, 3.8) is 0 Å². The number of amides is 1. The van der Waals surface area contributed by atoms with E-state index in [2.05, 4.69) is 20.4 Å². The Bertz CT molecular complexity index is 1130. The standard InChI is InChI=1S/C22H23N5O2/c28-21-13-14-2-1-3-18(14)26-27(21)17-7-5-16(6-8-17)25-22(29)15-4-9-19-20(12-15)24-11-10-23-19/h4,9-13,16-17H,1-3,5-8H2,(H,25,29). The van der Waals surface area contributed by atoms with Crippen LogP contribution in [0.1, 0.15) is 59.8 Å². The number of hydrogen-bond acceptors (Lipinski definition) is 5. The summed E-state index contributed by atoms with van der Waals surface area (Å²) in [5.74, 6) is -0.0891. The second-order valence-electron chi connectivity index (χ2n) is 7.99. The third kappa shape index (κ3) is 3.52. The van der Waals surface area contributed by atoms with Gasteiger partial charge in [-0.1, -0.05) is 0 Å². The maximum Gasteiger partial charge on any atom is 0.267 e. The zero-order valence-electron chi connectivity index (χ0n) is 16.2. The number of carbonyl (C=O) groups excluding carboxylic acids is 1. The van der Waals surface area contributed by atoms with Crippen LogP contribution < -0.4 is 10.9 Å². The van der Waals surface area contributed by atoms with Crippen LogP contribution in [0, 0.1) is 0 Å². The molecule has 1 aromatic carbocycles. The Morgan fingerprint density at radius 2 is 1.79 bits per heavy atom. The summed E-state index contributed by atoms with van der Waals surface area (Å²) in [5.41, 5.74) is 4.29. The molecule has 1 N–H and O–H groups in total. The van der Waals surface area contributed by atoms with Crippen molar-refractivity contribution in [3.05, 3.63) is 63.8 Å². The Hall–Kier alpha value is -3.09. The lowest BCUT2D eigenvalue weighted by molar-refractivity contribution is 0.0921. The summed E-state index contributed by atoms with van der Waals surface area (Å²) in [6.07, 6.45) is 9.67. The Morgan fingerprint density at radius 3 is 2.62 bits per heavy atom. The largest absolute Gasteiger partial charge is 0.349 e. The molecule has 7 nitrogen and oxygen atoms in total. The van der Waals surface area contributed by atoms with Crippen LogP contribution in [-0.4, -0.2) is 31.7 Å². The van der Waals surface area contributed by atoms with Gasteiger partial charge in [-0.25, -0.2) is 4.68 Å². The van der Waals surface area contributed by atoms with Crippen LogP contribution in [0.2, 0.25) is 0 Å². The van der Waals surface area contributed by atoms with Gasteiger partial charge in [0.05, 0.1) is 22.8 Å². The first kappa shape index (κ1) is 18.0. The number of carbonyl (C=O) groups is 1. The lowest BCUT2D eigenvalue weighted by Gasteiger charge is -2.29. The summed E-state index contributed by atoms with van der Waals surface area (Å²) in [7, 11) is 0. The molecule has 148 valence electrons. The number of nitrogens with one attached hydrogen (secondary N) is 1. The van der Waals surface area contributed by atoms with Crippen molar-refractivity contribution in [2.75, 3.05) is 0 Å². The van der Waals surface area contributed by atoms with Crippen LogP contribution in [0.4, 0.5) is 0 Å². The molecule has 3 aromatic rings. The van der Waals surface area contributed by atoms with Gasteiger partial charge in [-0.3, -0.25) is 19.6 Å². The van der Waals surface area contributed by atoms with Gasteiger partial charge in [0.15, 0.2) is 0 Å². The predicted octanol–water partition coefficient (Wildman–Crippen LogP) is 2.59. The predicted molar refractivity (Wildman–Crippen MR) is 109 cm³/mol. The van der Waals surface area contributed by atoms with E-state index in [1.807, 2.05) is 6.07 Å². The molecule has 0 atom stereocenters. The third-order valence-electron chi connectivity index (χ3n) is 6.09. The molecule has 0 radical (unpaired) electrons. The van der Waals surface area contributed by atoms with Crippen molar-refractivity contribution in [1.82, 2.24) is 25.1 Å². The fourth-order valence-electron chi connectivity index (χ4n) is 4.51. The summed E-state index contributed by atoms with van der Waals surface area (Å²) in [6, 6.07) is 7.38. The van der Waals surface area contributed by atoms with Crippen LogP contribution in [0.15, 0.2) is 41.5 Å². The Morgan fingerprint density at radius 1 is 1.00 bits per heavy atom. The monoisotopic (exact) mass is 389 g/mol. The summed E-state index contributed by atoms with van der Waals surface area (Å²) in [5, 5.41) is 7.78. The molecule has 7 heteroatoms. The molecule has 0 unspecified atom stereocenters. The highest BCUT2D eigenvalue weighted by molar-refractivity contribution is 5.97. The van der Waals surface area contributed by atoms with E-state index < -0.39 is 0 Å². The molecule has 2 aliphatic rings. The number of fused-ring (bicyclic) bond motifs is 2. The first-order chi connectivity index (χ1) is 14.2. The van der Waals surface area contributed by atoms with E-state index in [4.69, 9.17) is 0 Å². The minimum absolute atomic E-state index is 0.00964. The molecule has 0 aliphatic heterocycles. The van der Waals surface area contributed by atoms with Gasteiger partial charge < -0.3 is 5.32 Å². The van der Waals surface area contributed by atoms with Crippen molar-refractivity contribution >= 4 is 16.9 Å². The normalized spacial score (nSPS) is 21.1. The number of aryl methyl sites for hydroxylation is 2. The zero-order valence-corrected chi connectivity index (χ0v) is 16.2. The van der Waals surface area contributed by atoms with E-state index in [-0.39, 0.29) is 23.6 Å². The molecule has 1 saturated carbocycles. The van der Waals surface area contributed by atoms with E-state index >= 15 is 0 Å². The van der Waals surface area contributed by atoms with Gasteiger partial charge in [-0.15, -0.1) is 0 Å². The minimum atomic E-state index is -0.0891. The van der Waals surface area contributed by atoms with Crippen molar-refractivity contribution < 1.29 is 4.79 Å². The summed E-state index contributed by atoms with van der Waals surface area (Å²) in [4.78, 5) is 33.6. The van der Waals surface area contributed by atoms with Gasteiger partial charge in [0, 0.05) is 30.1 Å². The second-order valence-corrected chi connectivity index (χ2v) is 7.99. The third-order valence-corrected chi connectivity index (χ3v) is 6.09. The van der Waals surface area contributed by atoms with Crippen LogP contribution in [0.25, 0.3) is 11.0 Å². The fourth-order valence-corrected chi connectivity index (χ4v) is 4.51. The van der Waals surface area contributed by atoms with Gasteiger partial charge in [-0.2, -0.15) is 5.10 Å². The Balaban J connectivity index is 1.24. The summed E-state index contributed by atoms with van der Waals surface area (Å²) >= 11 is 0. The van der Waals surface area contributed by atoms with Gasteiger partial charge in [-0.05, 0) is 68.7 Å². The van der Waals surface area contributed by atoms with Crippen LogP contribution in [0.5, 0.6) is 0 Å². The van der Waals surface area contributed by atoms with Gasteiger partial charge >= 0.3 is 0 Å². The molecule has 2 aromatic heterocycles. The topological polar surface area (TPSA) is 89.8 Å². The second kappa shape index (κ2) is 7.39. The Labute approximate surface area is 168 Å². The number of aromatic nitrogens is 4. The van der Waals surface area contributed by atoms with Crippen molar-refractivity contribution in [2.45, 2.75) is 57.0 Å². The average Bonchev–Trinajstić information content (AvgIpc) is 3.20. The molecule has 5 rings (SSSR count). The Kier molecular flexibility index (Phi) is 4.58. The van der Waals surface area contributed by atoms with Crippen molar-refractivity contribution in [2.24, 2.45) is 0 Å².